The SMILES string of the molecule is CCc1cc(C(O)C(N)=O)cc(C)c1Br. The Morgan fingerprint density at radius 3 is 2.67 bits per heavy atom. The van der Waals surface area contributed by atoms with E-state index in [4.69, 9.17) is 5.73 Å². The van der Waals surface area contributed by atoms with Crippen molar-refractivity contribution in [2.24, 2.45) is 5.73 Å². The molecule has 0 saturated heterocycles. The number of aliphatic hydroxyl groups excluding tert-OH is 1. The molecule has 1 rings (SSSR count). The first-order chi connectivity index (χ1) is 6.97. The van der Waals surface area contributed by atoms with E-state index in [1.54, 1.807) is 12.1 Å². The Hall–Kier alpha value is -0.870. The fraction of sp³-hybridized carbons (Fsp3) is 0.364. The number of primary amides is 1. The number of hydrogen-bond acceptors (Lipinski definition) is 2. The molecule has 0 aliphatic heterocycles. The van der Waals surface area contributed by atoms with Crippen LogP contribution in [0.5, 0.6) is 0 Å². The zero-order valence-corrected chi connectivity index (χ0v) is 10.3. The molecule has 0 fully saturated rings. The molecule has 0 aliphatic rings. The summed E-state index contributed by atoms with van der Waals surface area (Å²) in [6, 6.07) is 3.56. The van der Waals surface area contributed by atoms with Crippen molar-refractivity contribution in [2.45, 2.75) is 26.4 Å². The van der Waals surface area contributed by atoms with Crippen molar-refractivity contribution in [3.05, 3.63) is 33.3 Å². The number of aliphatic hydroxyl groups is 1. The number of amides is 1. The smallest absolute Gasteiger partial charge is 0.250 e. The summed E-state index contributed by atoms with van der Waals surface area (Å²) in [4.78, 5) is 10.9. The van der Waals surface area contributed by atoms with Crippen LogP contribution >= 0.6 is 15.9 Å². The van der Waals surface area contributed by atoms with Crippen LogP contribution in [0.2, 0.25) is 0 Å². The summed E-state index contributed by atoms with van der Waals surface area (Å²) in [5.74, 6) is -0.723. The molecular weight excluding hydrogens is 258 g/mol. The summed E-state index contributed by atoms with van der Waals surface area (Å²) >= 11 is 3.46. The molecule has 1 atom stereocenters. The normalized spacial score (nSPS) is 12.5. The molecule has 0 radical (unpaired) electrons. The fourth-order valence-corrected chi connectivity index (χ4v) is 1.96. The van der Waals surface area contributed by atoms with E-state index >= 15 is 0 Å². The summed E-state index contributed by atoms with van der Waals surface area (Å²) < 4.78 is 1.02. The van der Waals surface area contributed by atoms with Gasteiger partial charge in [0, 0.05) is 4.47 Å². The molecule has 1 aromatic rings. The molecular formula is C11H14BrNO2. The third-order valence-electron chi connectivity index (χ3n) is 2.32. The molecule has 0 spiro atoms. The number of aryl methyl sites for hydroxylation is 2. The van der Waals surface area contributed by atoms with Gasteiger partial charge in [-0.25, -0.2) is 0 Å². The number of carbonyl (C=O) groups excluding carboxylic acids is 1. The van der Waals surface area contributed by atoms with E-state index in [9.17, 15) is 9.90 Å². The van der Waals surface area contributed by atoms with Gasteiger partial charge in [0.25, 0.3) is 5.91 Å². The van der Waals surface area contributed by atoms with Crippen LogP contribution in [0.4, 0.5) is 0 Å². The highest BCUT2D eigenvalue weighted by Gasteiger charge is 2.16. The Kier molecular flexibility index (Phi) is 3.88. The van der Waals surface area contributed by atoms with Crippen molar-refractivity contribution in [3.63, 3.8) is 0 Å². The number of carbonyl (C=O) groups is 1. The van der Waals surface area contributed by atoms with Crippen LogP contribution < -0.4 is 5.73 Å². The molecule has 1 aromatic carbocycles. The standard InChI is InChI=1S/C11H14BrNO2/c1-3-7-5-8(10(14)11(13)15)4-6(2)9(7)12/h4-5,10,14H,3H2,1-2H3,(H2,13,15). The van der Waals surface area contributed by atoms with Crippen LogP contribution in [0.3, 0.4) is 0 Å². The van der Waals surface area contributed by atoms with Crippen LogP contribution in [0.15, 0.2) is 16.6 Å². The molecule has 0 aromatic heterocycles. The lowest BCUT2D eigenvalue weighted by Gasteiger charge is -2.12. The molecule has 1 amide bonds. The van der Waals surface area contributed by atoms with E-state index in [2.05, 4.69) is 15.9 Å². The van der Waals surface area contributed by atoms with Crippen LogP contribution in [-0.4, -0.2) is 11.0 Å². The Bertz CT molecular complexity index is 390. The lowest BCUT2D eigenvalue weighted by atomic mass is 10.0. The van der Waals surface area contributed by atoms with Gasteiger partial charge in [0.2, 0.25) is 0 Å². The fourth-order valence-electron chi connectivity index (χ4n) is 1.45. The molecule has 0 saturated carbocycles. The molecule has 0 heterocycles. The van der Waals surface area contributed by atoms with Crippen molar-refractivity contribution in [1.82, 2.24) is 0 Å². The van der Waals surface area contributed by atoms with Gasteiger partial charge in [-0.05, 0) is 30.0 Å². The highest BCUT2D eigenvalue weighted by molar-refractivity contribution is 9.10. The van der Waals surface area contributed by atoms with Gasteiger partial charge >= 0.3 is 0 Å². The topological polar surface area (TPSA) is 63.3 Å². The van der Waals surface area contributed by atoms with Crippen molar-refractivity contribution in [1.29, 1.82) is 0 Å². The molecule has 1 unspecified atom stereocenters. The molecule has 3 N–H and O–H groups in total. The maximum absolute atomic E-state index is 10.9. The lowest BCUT2D eigenvalue weighted by molar-refractivity contribution is -0.126. The minimum atomic E-state index is -1.22. The zero-order valence-electron chi connectivity index (χ0n) is 8.75. The molecule has 3 nitrogen and oxygen atoms in total. The predicted molar refractivity (Wildman–Crippen MR) is 62.4 cm³/mol. The number of halogens is 1. The number of nitrogens with two attached hydrogens (primary N) is 1. The Morgan fingerprint density at radius 1 is 1.60 bits per heavy atom. The van der Waals surface area contributed by atoms with E-state index in [1.807, 2.05) is 13.8 Å². The molecule has 0 aliphatic carbocycles. The summed E-state index contributed by atoms with van der Waals surface area (Å²) in [5, 5.41) is 9.54. The summed E-state index contributed by atoms with van der Waals surface area (Å²) in [7, 11) is 0. The van der Waals surface area contributed by atoms with Crippen LogP contribution in [-0.2, 0) is 11.2 Å². The van der Waals surface area contributed by atoms with E-state index < -0.39 is 12.0 Å². The van der Waals surface area contributed by atoms with Crippen molar-refractivity contribution in [2.75, 3.05) is 0 Å². The number of rotatable bonds is 3. The maximum atomic E-state index is 10.9. The second-order valence-electron chi connectivity index (χ2n) is 3.47. The third kappa shape index (κ3) is 2.58. The van der Waals surface area contributed by atoms with Crippen molar-refractivity contribution in [3.8, 4) is 0 Å². The Labute approximate surface area is 97.4 Å². The summed E-state index contributed by atoms with van der Waals surface area (Å²) in [5.41, 5.74) is 7.65. The molecule has 82 valence electrons. The van der Waals surface area contributed by atoms with Crippen molar-refractivity contribution < 1.29 is 9.90 Å². The van der Waals surface area contributed by atoms with Gasteiger partial charge in [0.05, 0.1) is 0 Å². The van der Waals surface area contributed by atoms with Gasteiger partial charge in [-0.2, -0.15) is 0 Å². The first-order valence-corrected chi connectivity index (χ1v) is 5.53. The van der Waals surface area contributed by atoms with Gasteiger partial charge in [0.15, 0.2) is 6.10 Å². The Morgan fingerprint density at radius 2 is 2.20 bits per heavy atom. The highest BCUT2D eigenvalue weighted by atomic mass is 79.9. The maximum Gasteiger partial charge on any atom is 0.250 e. The van der Waals surface area contributed by atoms with Gasteiger partial charge < -0.3 is 10.8 Å². The Balaban J connectivity index is 3.22. The van der Waals surface area contributed by atoms with Crippen LogP contribution in [0.1, 0.15) is 29.7 Å². The van der Waals surface area contributed by atoms with Crippen LogP contribution in [0.25, 0.3) is 0 Å². The molecule has 4 heteroatoms. The third-order valence-corrected chi connectivity index (χ3v) is 3.45. The largest absolute Gasteiger partial charge is 0.378 e. The van der Waals surface area contributed by atoms with E-state index in [-0.39, 0.29) is 0 Å². The van der Waals surface area contributed by atoms with Crippen LogP contribution in [0, 0.1) is 6.92 Å². The minimum Gasteiger partial charge on any atom is -0.378 e. The average Bonchev–Trinajstić information content (AvgIpc) is 2.20. The second kappa shape index (κ2) is 4.77. The van der Waals surface area contributed by atoms with E-state index in [0.29, 0.717) is 5.56 Å². The first-order valence-electron chi connectivity index (χ1n) is 4.73. The highest BCUT2D eigenvalue weighted by Crippen LogP contribution is 2.26. The second-order valence-corrected chi connectivity index (χ2v) is 4.26. The van der Waals surface area contributed by atoms with E-state index in [1.165, 1.54) is 0 Å². The van der Waals surface area contributed by atoms with Gasteiger partial charge in [-0.15, -0.1) is 0 Å². The van der Waals surface area contributed by atoms with Gasteiger partial charge in [-0.3, -0.25) is 4.79 Å². The number of hydrogen-bond donors (Lipinski definition) is 2. The summed E-state index contributed by atoms with van der Waals surface area (Å²) in [6.45, 7) is 3.93. The zero-order chi connectivity index (χ0) is 11.6. The quantitative estimate of drug-likeness (QED) is 0.881. The molecule has 15 heavy (non-hydrogen) atoms. The van der Waals surface area contributed by atoms with Gasteiger partial charge in [-0.1, -0.05) is 35.0 Å². The minimum absolute atomic E-state index is 0.556. The number of benzene rings is 1. The molecule has 0 bridgehead atoms. The monoisotopic (exact) mass is 271 g/mol. The van der Waals surface area contributed by atoms with E-state index in [0.717, 1.165) is 22.0 Å². The summed E-state index contributed by atoms with van der Waals surface area (Å²) in [6.07, 6.45) is -0.386. The average molecular weight is 272 g/mol. The predicted octanol–water partition coefficient (Wildman–Crippen LogP) is 1.84. The van der Waals surface area contributed by atoms with Gasteiger partial charge in [0.1, 0.15) is 0 Å². The lowest BCUT2D eigenvalue weighted by Crippen LogP contribution is -2.21. The first kappa shape index (κ1) is 12.2. The van der Waals surface area contributed by atoms with Crippen molar-refractivity contribution >= 4 is 21.8 Å².